The highest BCUT2D eigenvalue weighted by atomic mass is 16.5. The Morgan fingerprint density at radius 2 is 1.69 bits per heavy atom. The van der Waals surface area contributed by atoms with E-state index in [1.807, 2.05) is 0 Å². The quantitative estimate of drug-likeness (QED) is 0.316. The van der Waals surface area contributed by atoms with E-state index in [4.69, 9.17) is 4.74 Å². The highest BCUT2D eigenvalue weighted by Gasteiger charge is 1.99. The van der Waals surface area contributed by atoms with Crippen LogP contribution < -0.4 is 0 Å². The number of hydrogen-bond acceptors (Lipinski definition) is 2. The molecule has 0 aliphatic carbocycles. The van der Waals surface area contributed by atoms with Crippen LogP contribution in [0.3, 0.4) is 0 Å². The van der Waals surface area contributed by atoms with E-state index in [1.54, 1.807) is 0 Å². The predicted molar refractivity (Wildman–Crippen MR) is 68.4 cm³/mol. The molecular weight excluding hydrogens is 200 g/mol. The van der Waals surface area contributed by atoms with Crippen molar-refractivity contribution in [1.82, 2.24) is 0 Å². The van der Waals surface area contributed by atoms with E-state index in [2.05, 4.69) is 26.0 Å². The minimum atomic E-state index is -0.0633. The standard InChI is InChI=1S/C14H26O2/c1-3-5-7-8-9-10-11-12-14(15)16-13-6-4-2/h9-10H,3-8,11-13H2,1-2H3/b10-9+. The van der Waals surface area contributed by atoms with Crippen molar-refractivity contribution in [3.63, 3.8) is 0 Å². The second kappa shape index (κ2) is 12.3. The maximum atomic E-state index is 11.2. The Kier molecular flexibility index (Phi) is 11.7. The van der Waals surface area contributed by atoms with Crippen molar-refractivity contribution in [3.05, 3.63) is 12.2 Å². The number of hydrogen-bond donors (Lipinski definition) is 0. The fourth-order valence-electron chi connectivity index (χ4n) is 1.35. The van der Waals surface area contributed by atoms with E-state index in [0.717, 1.165) is 25.7 Å². The first-order valence-electron chi connectivity index (χ1n) is 6.61. The lowest BCUT2D eigenvalue weighted by molar-refractivity contribution is -0.143. The molecule has 0 saturated carbocycles. The molecule has 0 aliphatic rings. The first kappa shape index (κ1) is 15.2. The molecule has 0 spiro atoms. The molecule has 0 unspecified atom stereocenters. The summed E-state index contributed by atoms with van der Waals surface area (Å²) in [5.74, 6) is -0.0633. The highest BCUT2D eigenvalue weighted by Crippen LogP contribution is 2.02. The van der Waals surface area contributed by atoms with Crippen LogP contribution in [-0.4, -0.2) is 12.6 Å². The molecule has 0 aromatic heterocycles. The van der Waals surface area contributed by atoms with Gasteiger partial charge in [0.1, 0.15) is 0 Å². The first-order chi connectivity index (χ1) is 7.81. The van der Waals surface area contributed by atoms with E-state index in [1.165, 1.54) is 19.3 Å². The van der Waals surface area contributed by atoms with Gasteiger partial charge in [-0.1, -0.05) is 45.3 Å². The largest absolute Gasteiger partial charge is 0.466 e. The number of esters is 1. The molecule has 0 N–H and O–H groups in total. The van der Waals surface area contributed by atoms with Crippen molar-refractivity contribution in [2.24, 2.45) is 0 Å². The lowest BCUT2D eigenvalue weighted by Crippen LogP contribution is -2.04. The summed E-state index contributed by atoms with van der Waals surface area (Å²) in [6, 6.07) is 0. The summed E-state index contributed by atoms with van der Waals surface area (Å²) in [4.78, 5) is 11.2. The third-order valence-electron chi connectivity index (χ3n) is 2.42. The second-order valence-corrected chi connectivity index (χ2v) is 4.08. The Morgan fingerprint density at radius 1 is 1.00 bits per heavy atom. The molecule has 0 radical (unpaired) electrons. The molecule has 0 rings (SSSR count). The van der Waals surface area contributed by atoms with Gasteiger partial charge in [0, 0.05) is 6.42 Å². The summed E-state index contributed by atoms with van der Waals surface area (Å²) in [6.07, 6.45) is 12.6. The van der Waals surface area contributed by atoms with Gasteiger partial charge >= 0.3 is 5.97 Å². The molecular formula is C14H26O2. The molecule has 2 nitrogen and oxygen atoms in total. The number of allylic oxidation sites excluding steroid dienone is 2. The minimum Gasteiger partial charge on any atom is -0.466 e. The Morgan fingerprint density at radius 3 is 2.38 bits per heavy atom. The fraction of sp³-hybridized carbons (Fsp3) is 0.786. The molecule has 0 aromatic rings. The smallest absolute Gasteiger partial charge is 0.306 e. The van der Waals surface area contributed by atoms with Gasteiger partial charge in [0.05, 0.1) is 6.61 Å². The molecule has 0 bridgehead atoms. The number of unbranched alkanes of at least 4 members (excludes halogenated alkanes) is 4. The van der Waals surface area contributed by atoms with Gasteiger partial charge in [-0.25, -0.2) is 0 Å². The molecule has 16 heavy (non-hydrogen) atoms. The number of rotatable bonds is 10. The molecule has 0 aromatic carbocycles. The molecule has 0 atom stereocenters. The van der Waals surface area contributed by atoms with Gasteiger partial charge in [-0.3, -0.25) is 4.79 Å². The normalized spacial score (nSPS) is 10.9. The van der Waals surface area contributed by atoms with Crippen LogP contribution in [0.15, 0.2) is 12.2 Å². The average Bonchev–Trinajstić information content (AvgIpc) is 2.28. The first-order valence-corrected chi connectivity index (χ1v) is 6.61. The summed E-state index contributed by atoms with van der Waals surface area (Å²) in [5, 5.41) is 0. The van der Waals surface area contributed by atoms with Crippen molar-refractivity contribution in [2.75, 3.05) is 6.61 Å². The SMILES string of the molecule is CCCCC/C=C/CCC(=O)OCCCC. The van der Waals surface area contributed by atoms with Gasteiger partial charge in [0.25, 0.3) is 0 Å². The summed E-state index contributed by atoms with van der Waals surface area (Å²) in [6.45, 7) is 4.87. The van der Waals surface area contributed by atoms with Gasteiger partial charge in [0.15, 0.2) is 0 Å². The second-order valence-electron chi connectivity index (χ2n) is 4.08. The lowest BCUT2D eigenvalue weighted by atomic mass is 10.2. The molecule has 0 heterocycles. The van der Waals surface area contributed by atoms with Crippen LogP contribution in [0.1, 0.15) is 65.2 Å². The van der Waals surface area contributed by atoms with E-state index < -0.39 is 0 Å². The Labute approximate surface area is 100 Å². The molecule has 2 heteroatoms. The number of ether oxygens (including phenoxy) is 1. The zero-order valence-electron chi connectivity index (χ0n) is 10.8. The van der Waals surface area contributed by atoms with Crippen molar-refractivity contribution in [2.45, 2.75) is 65.2 Å². The average molecular weight is 226 g/mol. The monoisotopic (exact) mass is 226 g/mol. The zero-order chi connectivity index (χ0) is 12.1. The molecule has 94 valence electrons. The fourth-order valence-corrected chi connectivity index (χ4v) is 1.35. The van der Waals surface area contributed by atoms with Crippen LogP contribution >= 0.6 is 0 Å². The molecule has 0 aliphatic heterocycles. The van der Waals surface area contributed by atoms with Crippen LogP contribution in [0.5, 0.6) is 0 Å². The van der Waals surface area contributed by atoms with Gasteiger partial charge in [0.2, 0.25) is 0 Å². The Balaban J connectivity index is 3.26. The maximum absolute atomic E-state index is 11.2. The van der Waals surface area contributed by atoms with E-state index in [0.29, 0.717) is 13.0 Å². The van der Waals surface area contributed by atoms with Gasteiger partial charge in [-0.15, -0.1) is 0 Å². The molecule has 0 fully saturated rings. The topological polar surface area (TPSA) is 26.3 Å². The minimum absolute atomic E-state index is 0.0633. The van der Waals surface area contributed by atoms with Crippen LogP contribution in [0, 0.1) is 0 Å². The van der Waals surface area contributed by atoms with Crippen LogP contribution in [0.2, 0.25) is 0 Å². The predicted octanol–water partition coefficient (Wildman–Crippen LogP) is 4.25. The van der Waals surface area contributed by atoms with Gasteiger partial charge in [-0.2, -0.15) is 0 Å². The summed E-state index contributed by atoms with van der Waals surface area (Å²) in [7, 11) is 0. The number of carbonyl (C=O) groups is 1. The van der Waals surface area contributed by atoms with E-state index in [-0.39, 0.29) is 5.97 Å². The summed E-state index contributed by atoms with van der Waals surface area (Å²) < 4.78 is 5.05. The van der Waals surface area contributed by atoms with Crippen LogP contribution in [0.25, 0.3) is 0 Å². The molecule has 0 saturated heterocycles. The van der Waals surface area contributed by atoms with Crippen LogP contribution in [0.4, 0.5) is 0 Å². The van der Waals surface area contributed by atoms with Crippen molar-refractivity contribution in [1.29, 1.82) is 0 Å². The van der Waals surface area contributed by atoms with Crippen molar-refractivity contribution < 1.29 is 9.53 Å². The Bertz CT molecular complexity index is 185. The lowest BCUT2D eigenvalue weighted by Gasteiger charge is -2.01. The maximum Gasteiger partial charge on any atom is 0.306 e. The summed E-state index contributed by atoms with van der Waals surface area (Å²) in [5.41, 5.74) is 0. The summed E-state index contributed by atoms with van der Waals surface area (Å²) >= 11 is 0. The number of carbonyl (C=O) groups excluding carboxylic acids is 1. The Hall–Kier alpha value is -0.790. The zero-order valence-corrected chi connectivity index (χ0v) is 10.8. The third kappa shape index (κ3) is 11.3. The third-order valence-corrected chi connectivity index (χ3v) is 2.42. The van der Waals surface area contributed by atoms with Crippen LogP contribution in [-0.2, 0) is 9.53 Å². The van der Waals surface area contributed by atoms with Gasteiger partial charge < -0.3 is 4.74 Å². The van der Waals surface area contributed by atoms with Crippen molar-refractivity contribution in [3.8, 4) is 0 Å². The van der Waals surface area contributed by atoms with E-state index in [9.17, 15) is 4.79 Å². The highest BCUT2D eigenvalue weighted by molar-refractivity contribution is 5.69. The van der Waals surface area contributed by atoms with E-state index >= 15 is 0 Å². The van der Waals surface area contributed by atoms with Crippen molar-refractivity contribution >= 4 is 5.97 Å². The molecule has 0 amide bonds. The van der Waals surface area contributed by atoms with Gasteiger partial charge in [-0.05, 0) is 25.7 Å².